The number of ether oxygens (including phenoxy) is 1. The molecule has 1 aromatic heterocycles. The molecule has 0 saturated heterocycles. The predicted octanol–water partition coefficient (Wildman–Crippen LogP) is 3.50. The molecule has 0 saturated carbocycles. The van der Waals surface area contributed by atoms with Crippen molar-refractivity contribution < 1.29 is 4.74 Å². The molecule has 6 nitrogen and oxygen atoms in total. The van der Waals surface area contributed by atoms with Gasteiger partial charge >= 0.3 is 0 Å². The third kappa shape index (κ3) is 6.62. The normalized spacial score (nSPS) is 11.7. The first-order valence-corrected chi connectivity index (χ1v) is 9.78. The van der Waals surface area contributed by atoms with Crippen LogP contribution in [0.1, 0.15) is 44.6 Å². The van der Waals surface area contributed by atoms with Crippen molar-refractivity contribution in [2.45, 2.75) is 54.3 Å². The van der Waals surface area contributed by atoms with Crippen molar-refractivity contribution in [3.05, 3.63) is 47.5 Å². The second kappa shape index (κ2) is 10.6. The van der Waals surface area contributed by atoms with Crippen molar-refractivity contribution in [1.82, 2.24) is 20.2 Å². The van der Waals surface area contributed by atoms with Crippen LogP contribution in [0.3, 0.4) is 0 Å². The van der Waals surface area contributed by atoms with Crippen LogP contribution in [0.2, 0.25) is 0 Å². The maximum Gasteiger partial charge on any atom is 0.191 e. The van der Waals surface area contributed by atoms with Gasteiger partial charge in [-0.3, -0.25) is 0 Å². The lowest BCUT2D eigenvalue weighted by Gasteiger charge is -2.14. The molecule has 2 rings (SSSR count). The zero-order valence-electron chi connectivity index (χ0n) is 17.2. The third-order valence-electron chi connectivity index (χ3n) is 4.05. The summed E-state index contributed by atoms with van der Waals surface area (Å²) in [6.07, 6.45) is 3.88. The highest BCUT2D eigenvalue weighted by Gasteiger charge is 2.07. The van der Waals surface area contributed by atoms with Gasteiger partial charge in [0, 0.05) is 31.0 Å². The molecule has 0 unspecified atom stereocenters. The van der Waals surface area contributed by atoms with Gasteiger partial charge in [-0.2, -0.15) is 0 Å². The number of hydrogen-bond acceptors (Lipinski definition) is 3. The van der Waals surface area contributed by atoms with Gasteiger partial charge in [-0.1, -0.05) is 26.0 Å². The van der Waals surface area contributed by atoms with Crippen LogP contribution >= 0.6 is 0 Å². The number of hydrogen-bond donors (Lipinski definition) is 2. The smallest absolute Gasteiger partial charge is 0.191 e. The molecule has 6 heteroatoms. The summed E-state index contributed by atoms with van der Waals surface area (Å²) in [7, 11) is 0. The van der Waals surface area contributed by atoms with Gasteiger partial charge in [0.05, 0.1) is 19.7 Å². The highest BCUT2D eigenvalue weighted by Crippen LogP contribution is 2.21. The molecular weight excluding hydrogens is 338 g/mol. The first-order valence-electron chi connectivity index (χ1n) is 9.78. The topological polar surface area (TPSA) is 63.5 Å². The zero-order chi connectivity index (χ0) is 19.6. The minimum Gasteiger partial charge on any atom is -0.494 e. The van der Waals surface area contributed by atoms with E-state index in [1.807, 2.05) is 19.3 Å². The van der Waals surface area contributed by atoms with Crippen LogP contribution in [-0.2, 0) is 19.6 Å². The van der Waals surface area contributed by atoms with E-state index in [1.165, 1.54) is 5.56 Å². The van der Waals surface area contributed by atoms with Gasteiger partial charge in [-0.05, 0) is 38.3 Å². The molecule has 0 aliphatic rings. The van der Waals surface area contributed by atoms with Crippen LogP contribution in [0.5, 0.6) is 5.75 Å². The first-order chi connectivity index (χ1) is 13.0. The fourth-order valence-corrected chi connectivity index (χ4v) is 2.82. The summed E-state index contributed by atoms with van der Waals surface area (Å²) in [5, 5.41) is 6.68. The number of guanidine groups is 1. The maximum absolute atomic E-state index is 5.76. The van der Waals surface area contributed by atoms with E-state index in [-0.39, 0.29) is 0 Å². The van der Waals surface area contributed by atoms with Crippen LogP contribution in [-0.4, -0.2) is 28.7 Å². The van der Waals surface area contributed by atoms with Gasteiger partial charge in [0.1, 0.15) is 11.6 Å². The molecule has 27 heavy (non-hydrogen) atoms. The number of aliphatic imine (C=N–C) groups is 1. The molecule has 0 aliphatic heterocycles. The van der Waals surface area contributed by atoms with E-state index in [4.69, 9.17) is 9.73 Å². The Hall–Kier alpha value is -2.50. The molecule has 0 amide bonds. The molecule has 0 radical (unpaired) electrons. The van der Waals surface area contributed by atoms with Crippen LogP contribution < -0.4 is 15.4 Å². The number of rotatable bonds is 9. The molecule has 0 aliphatic carbocycles. The predicted molar refractivity (Wildman–Crippen MR) is 111 cm³/mol. The van der Waals surface area contributed by atoms with E-state index in [0.717, 1.165) is 36.2 Å². The van der Waals surface area contributed by atoms with Crippen molar-refractivity contribution in [2.24, 2.45) is 10.9 Å². The van der Waals surface area contributed by atoms with Crippen molar-refractivity contribution >= 4 is 5.96 Å². The van der Waals surface area contributed by atoms with E-state index in [2.05, 4.69) is 66.1 Å². The molecule has 0 bridgehead atoms. The molecule has 148 valence electrons. The molecule has 1 aromatic carbocycles. The van der Waals surface area contributed by atoms with E-state index in [0.29, 0.717) is 25.6 Å². The Morgan fingerprint density at radius 3 is 2.78 bits per heavy atom. The van der Waals surface area contributed by atoms with Crippen molar-refractivity contribution in [3.63, 3.8) is 0 Å². The summed E-state index contributed by atoms with van der Waals surface area (Å²) in [5.74, 6) is 3.28. The van der Waals surface area contributed by atoms with Gasteiger partial charge in [0.15, 0.2) is 5.96 Å². The van der Waals surface area contributed by atoms with Gasteiger partial charge in [0.2, 0.25) is 0 Å². The molecule has 0 fully saturated rings. The minimum absolute atomic E-state index is 0.561. The lowest BCUT2D eigenvalue weighted by molar-refractivity contribution is 0.336. The average molecular weight is 372 g/mol. The number of aromatic nitrogens is 2. The summed E-state index contributed by atoms with van der Waals surface area (Å²) < 4.78 is 7.95. The first kappa shape index (κ1) is 20.8. The summed E-state index contributed by atoms with van der Waals surface area (Å²) in [4.78, 5) is 9.19. The fourth-order valence-electron chi connectivity index (χ4n) is 2.82. The lowest BCUT2D eigenvalue weighted by Crippen LogP contribution is -2.37. The van der Waals surface area contributed by atoms with E-state index in [1.54, 1.807) is 0 Å². The van der Waals surface area contributed by atoms with Gasteiger partial charge in [-0.15, -0.1) is 0 Å². The molecule has 2 aromatic rings. The Balaban J connectivity index is 2.06. The number of imidazole rings is 1. The Morgan fingerprint density at radius 1 is 1.26 bits per heavy atom. The highest BCUT2D eigenvalue weighted by molar-refractivity contribution is 5.79. The van der Waals surface area contributed by atoms with Crippen LogP contribution in [0.25, 0.3) is 0 Å². The van der Waals surface area contributed by atoms with Crippen molar-refractivity contribution in [1.29, 1.82) is 0 Å². The monoisotopic (exact) mass is 371 g/mol. The van der Waals surface area contributed by atoms with E-state index >= 15 is 0 Å². The highest BCUT2D eigenvalue weighted by atomic mass is 16.5. The maximum atomic E-state index is 5.76. The Morgan fingerprint density at radius 2 is 2.07 bits per heavy atom. The zero-order valence-corrected chi connectivity index (χ0v) is 17.2. The minimum atomic E-state index is 0.561. The summed E-state index contributed by atoms with van der Waals surface area (Å²) in [6, 6.07) is 6.25. The summed E-state index contributed by atoms with van der Waals surface area (Å²) in [5.41, 5.74) is 2.27. The Labute approximate surface area is 163 Å². The fraction of sp³-hybridized carbons (Fsp3) is 0.524. The molecular formula is C21H33N5O. The largest absolute Gasteiger partial charge is 0.494 e. The molecule has 0 spiro atoms. The average Bonchev–Trinajstić information content (AvgIpc) is 3.05. The van der Waals surface area contributed by atoms with Gasteiger partial charge in [-0.25, -0.2) is 9.98 Å². The third-order valence-corrected chi connectivity index (χ3v) is 4.05. The molecule has 0 atom stereocenters. The second-order valence-electron chi connectivity index (χ2n) is 6.98. The standard InChI is InChI=1S/C21H33N5O/c1-6-22-21(25-14-20-23-10-11-26(20)15-16(3)4)24-13-18-9-8-17(5)12-19(18)27-7-2/h8-12,16H,6-7,13-15H2,1-5H3,(H2,22,24,25). The van der Waals surface area contributed by atoms with E-state index < -0.39 is 0 Å². The second-order valence-corrected chi connectivity index (χ2v) is 6.98. The number of aryl methyl sites for hydroxylation is 1. The van der Waals surface area contributed by atoms with Crippen LogP contribution in [0.15, 0.2) is 35.6 Å². The number of nitrogens with zero attached hydrogens (tertiary/aromatic N) is 3. The summed E-state index contributed by atoms with van der Waals surface area (Å²) >= 11 is 0. The molecule has 1 heterocycles. The Bertz CT molecular complexity index is 736. The van der Waals surface area contributed by atoms with Crippen LogP contribution in [0, 0.1) is 12.8 Å². The van der Waals surface area contributed by atoms with Gasteiger partial charge < -0.3 is 19.9 Å². The number of nitrogens with one attached hydrogen (secondary N) is 2. The van der Waals surface area contributed by atoms with Crippen molar-refractivity contribution in [2.75, 3.05) is 13.2 Å². The number of benzene rings is 1. The van der Waals surface area contributed by atoms with E-state index in [9.17, 15) is 0 Å². The van der Waals surface area contributed by atoms with Gasteiger partial charge in [0.25, 0.3) is 0 Å². The quantitative estimate of drug-likeness (QED) is 0.523. The summed E-state index contributed by atoms with van der Waals surface area (Å²) in [6.45, 7) is 14.2. The molecule has 2 N–H and O–H groups in total. The SMILES string of the molecule is CCNC(=NCc1ccc(C)cc1OCC)NCc1nccn1CC(C)C. The Kier molecular flexibility index (Phi) is 8.17. The van der Waals surface area contributed by atoms with Crippen molar-refractivity contribution in [3.8, 4) is 5.75 Å². The van der Waals surface area contributed by atoms with Crippen LogP contribution in [0.4, 0.5) is 0 Å². The lowest BCUT2D eigenvalue weighted by atomic mass is 10.1.